The average molecular weight is 252 g/mol. The predicted octanol–water partition coefficient (Wildman–Crippen LogP) is 1.88. The molecule has 0 heterocycles. The van der Waals surface area contributed by atoms with E-state index >= 15 is 0 Å². The van der Waals surface area contributed by atoms with Gasteiger partial charge >= 0.3 is 0 Å². The van der Waals surface area contributed by atoms with E-state index in [1.165, 1.54) is 12.1 Å². The minimum absolute atomic E-state index is 0.0370. The summed E-state index contributed by atoms with van der Waals surface area (Å²) < 4.78 is 26.7. The highest BCUT2D eigenvalue weighted by Gasteiger charge is 2.21. The van der Waals surface area contributed by atoms with Crippen molar-refractivity contribution < 1.29 is 8.42 Å². The molecule has 0 aliphatic heterocycles. The van der Waals surface area contributed by atoms with E-state index < -0.39 is 10.0 Å². The van der Waals surface area contributed by atoms with Gasteiger partial charge in [0.05, 0.1) is 10.5 Å². The molecule has 0 aliphatic carbocycles. The molecule has 0 spiro atoms. The second-order valence-corrected chi connectivity index (χ2v) is 5.94. The number of rotatable bonds is 4. The fourth-order valence-electron chi connectivity index (χ4n) is 1.24. The number of sulfonamides is 1. The molecule has 92 valence electrons. The van der Waals surface area contributed by atoms with Gasteiger partial charge in [-0.3, -0.25) is 0 Å². The maximum absolute atomic E-state index is 12.1. The van der Waals surface area contributed by atoms with E-state index in [1.54, 1.807) is 19.1 Å². The van der Waals surface area contributed by atoms with Gasteiger partial charge in [0.15, 0.2) is 0 Å². The van der Waals surface area contributed by atoms with Crippen LogP contribution < -0.4 is 4.72 Å². The van der Waals surface area contributed by atoms with Crippen molar-refractivity contribution in [3.05, 3.63) is 29.8 Å². The van der Waals surface area contributed by atoms with Crippen LogP contribution >= 0.6 is 0 Å². The summed E-state index contributed by atoms with van der Waals surface area (Å²) in [6, 6.07) is 7.89. The van der Waals surface area contributed by atoms with Crippen molar-refractivity contribution >= 4 is 10.0 Å². The zero-order chi connectivity index (χ0) is 13.1. The fraction of sp³-hybridized carbons (Fsp3) is 0.417. The minimum atomic E-state index is -3.62. The first-order valence-corrected chi connectivity index (χ1v) is 6.88. The zero-order valence-electron chi connectivity index (χ0n) is 10.1. The quantitative estimate of drug-likeness (QED) is 0.889. The zero-order valence-corrected chi connectivity index (χ0v) is 11.0. The lowest BCUT2D eigenvalue weighted by atomic mass is 10.1. The molecule has 0 saturated carbocycles. The topological polar surface area (TPSA) is 70.0 Å². The van der Waals surface area contributed by atoms with Crippen LogP contribution in [0, 0.1) is 17.2 Å². The minimum Gasteiger partial charge on any atom is -0.208 e. The highest BCUT2D eigenvalue weighted by molar-refractivity contribution is 7.89. The van der Waals surface area contributed by atoms with Gasteiger partial charge in [0.25, 0.3) is 0 Å². The number of hydrogen-bond acceptors (Lipinski definition) is 3. The number of hydrogen-bond donors (Lipinski definition) is 1. The number of benzene rings is 1. The lowest BCUT2D eigenvalue weighted by molar-refractivity contribution is 0.476. The van der Waals surface area contributed by atoms with Crippen LogP contribution in [0.25, 0.3) is 0 Å². The van der Waals surface area contributed by atoms with Crippen molar-refractivity contribution in [2.75, 3.05) is 0 Å². The fourth-order valence-corrected chi connectivity index (χ4v) is 2.79. The van der Waals surface area contributed by atoms with Crippen LogP contribution in [0.2, 0.25) is 0 Å². The van der Waals surface area contributed by atoms with Crippen LogP contribution in [0.1, 0.15) is 26.3 Å². The number of nitrogens with one attached hydrogen (secondary N) is 1. The van der Waals surface area contributed by atoms with Gasteiger partial charge in [-0.25, -0.2) is 13.1 Å². The lowest BCUT2D eigenvalue weighted by Crippen LogP contribution is -2.36. The van der Waals surface area contributed by atoms with Crippen LogP contribution in [0.4, 0.5) is 0 Å². The number of nitrogens with zero attached hydrogens (tertiary/aromatic N) is 1. The van der Waals surface area contributed by atoms with Gasteiger partial charge in [0.1, 0.15) is 6.07 Å². The standard InChI is InChI=1S/C12H16N2O2S/c1-9(2)10(3)14-17(15,16)12-7-5-4-6-11(12)8-13/h4-7,9-10,14H,1-3H3/t10-/m0/s1. The molecule has 0 bridgehead atoms. The van der Waals surface area contributed by atoms with Gasteiger partial charge < -0.3 is 0 Å². The van der Waals surface area contributed by atoms with Crippen molar-refractivity contribution in [2.45, 2.75) is 31.7 Å². The van der Waals surface area contributed by atoms with Crippen LogP contribution in [0.15, 0.2) is 29.2 Å². The van der Waals surface area contributed by atoms with E-state index in [9.17, 15) is 8.42 Å². The molecule has 0 saturated heterocycles. The van der Waals surface area contributed by atoms with E-state index in [-0.39, 0.29) is 22.4 Å². The number of nitriles is 1. The summed E-state index contributed by atoms with van der Waals surface area (Å²) in [7, 11) is -3.62. The van der Waals surface area contributed by atoms with Gasteiger partial charge in [0.2, 0.25) is 10.0 Å². The van der Waals surface area contributed by atoms with Crippen molar-refractivity contribution in [3.63, 3.8) is 0 Å². The van der Waals surface area contributed by atoms with Crippen LogP contribution in [-0.4, -0.2) is 14.5 Å². The Bertz CT molecular complexity index is 530. The summed E-state index contributed by atoms with van der Waals surface area (Å²) >= 11 is 0. The second kappa shape index (κ2) is 5.30. The van der Waals surface area contributed by atoms with Gasteiger partial charge in [-0.2, -0.15) is 5.26 Å². The first kappa shape index (κ1) is 13.7. The van der Waals surface area contributed by atoms with E-state index in [0.29, 0.717) is 0 Å². The molecule has 1 aromatic rings. The molecular formula is C12H16N2O2S. The van der Waals surface area contributed by atoms with Crippen LogP contribution in [0.5, 0.6) is 0 Å². The first-order valence-electron chi connectivity index (χ1n) is 5.40. The molecule has 0 unspecified atom stereocenters. The summed E-state index contributed by atoms with van der Waals surface area (Å²) in [5.41, 5.74) is 0.163. The van der Waals surface area contributed by atoms with E-state index in [1.807, 2.05) is 19.9 Å². The van der Waals surface area contributed by atoms with Crippen molar-refractivity contribution in [1.82, 2.24) is 4.72 Å². The highest BCUT2D eigenvalue weighted by atomic mass is 32.2. The largest absolute Gasteiger partial charge is 0.242 e. The molecule has 1 N–H and O–H groups in total. The van der Waals surface area contributed by atoms with Gasteiger partial charge in [-0.1, -0.05) is 26.0 Å². The maximum Gasteiger partial charge on any atom is 0.242 e. The van der Waals surface area contributed by atoms with E-state index in [0.717, 1.165) is 0 Å². The van der Waals surface area contributed by atoms with Crippen molar-refractivity contribution in [3.8, 4) is 6.07 Å². The Morgan fingerprint density at radius 1 is 1.24 bits per heavy atom. The Morgan fingerprint density at radius 2 is 1.82 bits per heavy atom. The molecule has 1 aromatic carbocycles. The predicted molar refractivity (Wildman–Crippen MR) is 65.8 cm³/mol. The molecule has 0 radical (unpaired) electrons. The van der Waals surface area contributed by atoms with Gasteiger partial charge in [-0.05, 0) is 25.0 Å². The molecular weight excluding hydrogens is 236 g/mol. The summed E-state index contributed by atoms with van der Waals surface area (Å²) in [5.74, 6) is 0.194. The smallest absolute Gasteiger partial charge is 0.208 e. The summed E-state index contributed by atoms with van der Waals surface area (Å²) in [6.07, 6.45) is 0. The first-order chi connectivity index (χ1) is 7.88. The summed E-state index contributed by atoms with van der Waals surface area (Å²) in [4.78, 5) is 0.0370. The van der Waals surface area contributed by atoms with Crippen LogP contribution in [-0.2, 0) is 10.0 Å². The van der Waals surface area contributed by atoms with E-state index in [2.05, 4.69) is 4.72 Å². The normalized spacial score (nSPS) is 13.4. The van der Waals surface area contributed by atoms with Crippen molar-refractivity contribution in [1.29, 1.82) is 5.26 Å². The molecule has 0 aromatic heterocycles. The van der Waals surface area contributed by atoms with Gasteiger partial charge in [-0.15, -0.1) is 0 Å². The Kier molecular flexibility index (Phi) is 4.27. The lowest BCUT2D eigenvalue weighted by Gasteiger charge is -2.17. The molecule has 0 fully saturated rings. The van der Waals surface area contributed by atoms with Gasteiger partial charge in [0, 0.05) is 6.04 Å². The summed E-state index contributed by atoms with van der Waals surface area (Å²) in [6.45, 7) is 5.67. The second-order valence-electron chi connectivity index (χ2n) is 4.26. The molecule has 17 heavy (non-hydrogen) atoms. The SMILES string of the molecule is CC(C)[C@H](C)NS(=O)(=O)c1ccccc1C#N. The monoisotopic (exact) mass is 252 g/mol. The molecule has 4 nitrogen and oxygen atoms in total. The third-order valence-corrected chi connectivity index (χ3v) is 4.26. The molecule has 0 aliphatic rings. The Hall–Kier alpha value is -1.38. The molecule has 1 atom stereocenters. The average Bonchev–Trinajstić information content (AvgIpc) is 2.28. The van der Waals surface area contributed by atoms with E-state index in [4.69, 9.17) is 5.26 Å². The third-order valence-electron chi connectivity index (χ3n) is 2.64. The Morgan fingerprint density at radius 3 is 2.35 bits per heavy atom. The third kappa shape index (κ3) is 3.29. The Balaban J connectivity index is 3.11. The van der Waals surface area contributed by atoms with Crippen LogP contribution in [0.3, 0.4) is 0 Å². The summed E-state index contributed by atoms with van der Waals surface area (Å²) in [5, 5.41) is 8.88. The van der Waals surface area contributed by atoms with Crippen molar-refractivity contribution in [2.24, 2.45) is 5.92 Å². The highest BCUT2D eigenvalue weighted by Crippen LogP contribution is 2.15. The molecule has 1 rings (SSSR count). The Labute approximate surface area is 102 Å². The molecule has 0 amide bonds. The molecule has 5 heteroatoms. The maximum atomic E-state index is 12.1.